The van der Waals surface area contributed by atoms with E-state index in [1.54, 1.807) is 14.2 Å². The van der Waals surface area contributed by atoms with Crippen molar-refractivity contribution in [3.63, 3.8) is 0 Å². The van der Waals surface area contributed by atoms with Gasteiger partial charge in [-0.3, -0.25) is 9.59 Å². The summed E-state index contributed by atoms with van der Waals surface area (Å²) in [7, 11) is 3.18. The maximum absolute atomic E-state index is 12.6. The number of methoxy groups -OCH3 is 2. The SMILES string of the molecule is COCCN(CCOC)C(=O)C(=O)NC12CC3CC(CC(C3)C1)C2. The predicted molar refractivity (Wildman–Crippen MR) is 89.4 cm³/mol. The van der Waals surface area contributed by atoms with E-state index in [0.29, 0.717) is 26.3 Å². The fourth-order valence-corrected chi connectivity index (χ4v) is 5.42. The third-order valence-electron chi connectivity index (χ3n) is 6.03. The third kappa shape index (κ3) is 3.75. The maximum Gasteiger partial charge on any atom is 0.312 e. The van der Waals surface area contributed by atoms with Crippen molar-refractivity contribution < 1.29 is 19.1 Å². The molecule has 4 rings (SSSR count). The van der Waals surface area contributed by atoms with Gasteiger partial charge in [0.25, 0.3) is 0 Å². The molecule has 0 spiro atoms. The summed E-state index contributed by atoms with van der Waals surface area (Å²) in [6.07, 6.45) is 7.10. The van der Waals surface area contributed by atoms with E-state index < -0.39 is 11.8 Å². The van der Waals surface area contributed by atoms with Crippen molar-refractivity contribution >= 4 is 11.8 Å². The van der Waals surface area contributed by atoms with E-state index in [9.17, 15) is 9.59 Å². The second-order valence-corrected chi connectivity index (χ2v) is 7.93. The molecule has 4 aliphatic carbocycles. The van der Waals surface area contributed by atoms with Crippen molar-refractivity contribution in [2.45, 2.75) is 44.1 Å². The maximum atomic E-state index is 12.6. The first-order valence-corrected chi connectivity index (χ1v) is 9.14. The molecule has 1 N–H and O–H groups in total. The molecule has 4 fully saturated rings. The zero-order valence-corrected chi connectivity index (χ0v) is 14.9. The van der Waals surface area contributed by atoms with Gasteiger partial charge in [-0.2, -0.15) is 0 Å². The molecule has 0 radical (unpaired) electrons. The molecule has 2 amide bonds. The lowest BCUT2D eigenvalue weighted by Crippen LogP contribution is -2.62. The van der Waals surface area contributed by atoms with Crippen LogP contribution in [0, 0.1) is 17.8 Å². The highest BCUT2D eigenvalue weighted by Crippen LogP contribution is 2.55. The van der Waals surface area contributed by atoms with Crippen LogP contribution in [0.5, 0.6) is 0 Å². The summed E-state index contributed by atoms with van der Waals surface area (Å²) < 4.78 is 10.1. The Kier molecular flexibility index (Phi) is 5.45. The molecule has 24 heavy (non-hydrogen) atoms. The zero-order valence-electron chi connectivity index (χ0n) is 14.9. The molecule has 6 heteroatoms. The van der Waals surface area contributed by atoms with Crippen LogP contribution in [0.2, 0.25) is 0 Å². The first-order chi connectivity index (χ1) is 11.5. The van der Waals surface area contributed by atoms with Gasteiger partial charge in [0.15, 0.2) is 0 Å². The highest BCUT2D eigenvalue weighted by Gasteiger charge is 2.52. The largest absolute Gasteiger partial charge is 0.383 e. The summed E-state index contributed by atoms with van der Waals surface area (Å²) in [5.74, 6) is 1.31. The number of nitrogens with one attached hydrogen (secondary N) is 1. The van der Waals surface area contributed by atoms with Crippen LogP contribution in [0.1, 0.15) is 38.5 Å². The van der Waals surface area contributed by atoms with Gasteiger partial charge in [-0.15, -0.1) is 0 Å². The molecular formula is C18H30N2O4. The van der Waals surface area contributed by atoms with Crippen molar-refractivity contribution in [2.24, 2.45) is 17.8 Å². The van der Waals surface area contributed by atoms with Gasteiger partial charge in [0.05, 0.1) is 13.2 Å². The van der Waals surface area contributed by atoms with Crippen LogP contribution in [0.15, 0.2) is 0 Å². The van der Waals surface area contributed by atoms with Gasteiger partial charge in [-0.05, 0) is 56.3 Å². The number of hydrogen-bond acceptors (Lipinski definition) is 4. The highest BCUT2D eigenvalue weighted by atomic mass is 16.5. The van der Waals surface area contributed by atoms with Crippen LogP contribution in [-0.4, -0.2) is 62.8 Å². The molecule has 0 aromatic carbocycles. The van der Waals surface area contributed by atoms with Crippen LogP contribution in [0.25, 0.3) is 0 Å². The van der Waals surface area contributed by atoms with E-state index in [1.165, 1.54) is 24.2 Å². The smallest absolute Gasteiger partial charge is 0.312 e. The van der Waals surface area contributed by atoms with E-state index in [4.69, 9.17) is 9.47 Å². The molecule has 0 aliphatic heterocycles. The Morgan fingerprint density at radius 3 is 1.83 bits per heavy atom. The van der Waals surface area contributed by atoms with Crippen molar-refractivity contribution in [3.05, 3.63) is 0 Å². The lowest BCUT2D eigenvalue weighted by molar-refractivity contribution is -0.149. The molecule has 136 valence electrons. The fraction of sp³-hybridized carbons (Fsp3) is 0.889. The number of ether oxygens (including phenoxy) is 2. The van der Waals surface area contributed by atoms with Crippen molar-refractivity contribution in [3.8, 4) is 0 Å². The number of carbonyl (C=O) groups is 2. The van der Waals surface area contributed by atoms with Gasteiger partial charge < -0.3 is 19.7 Å². The number of hydrogen-bond donors (Lipinski definition) is 1. The molecule has 4 saturated carbocycles. The van der Waals surface area contributed by atoms with Gasteiger partial charge in [0.1, 0.15) is 0 Å². The van der Waals surface area contributed by atoms with Gasteiger partial charge in [0, 0.05) is 32.8 Å². The van der Waals surface area contributed by atoms with Crippen LogP contribution < -0.4 is 5.32 Å². The number of carbonyl (C=O) groups excluding carboxylic acids is 2. The second-order valence-electron chi connectivity index (χ2n) is 7.93. The Bertz CT molecular complexity index is 436. The quantitative estimate of drug-likeness (QED) is 0.708. The topological polar surface area (TPSA) is 67.9 Å². The summed E-state index contributed by atoms with van der Waals surface area (Å²) in [6, 6.07) is 0. The molecular weight excluding hydrogens is 308 g/mol. The number of rotatable bonds is 7. The van der Waals surface area contributed by atoms with Gasteiger partial charge in [-0.1, -0.05) is 0 Å². The minimum atomic E-state index is -0.458. The fourth-order valence-electron chi connectivity index (χ4n) is 5.42. The first kappa shape index (κ1) is 17.7. The van der Waals surface area contributed by atoms with Crippen molar-refractivity contribution in [1.82, 2.24) is 10.2 Å². The molecule has 0 atom stereocenters. The molecule has 4 aliphatic rings. The van der Waals surface area contributed by atoms with E-state index in [2.05, 4.69) is 5.32 Å². The van der Waals surface area contributed by atoms with Crippen LogP contribution >= 0.6 is 0 Å². The molecule has 6 nitrogen and oxygen atoms in total. The average molecular weight is 338 g/mol. The minimum Gasteiger partial charge on any atom is -0.383 e. The Morgan fingerprint density at radius 1 is 0.958 bits per heavy atom. The Labute approximate surface area is 144 Å². The summed E-state index contributed by atoms with van der Waals surface area (Å²) in [6.45, 7) is 1.65. The van der Waals surface area contributed by atoms with Crippen molar-refractivity contribution in [1.29, 1.82) is 0 Å². The standard InChI is InChI=1S/C18H30N2O4/c1-23-5-3-20(4-6-24-2)17(22)16(21)19-18-10-13-7-14(11-18)9-15(8-13)12-18/h13-15H,3-12H2,1-2H3,(H,19,21). The van der Waals surface area contributed by atoms with Gasteiger partial charge in [-0.25, -0.2) is 0 Å². The highest BCUT2D eigenvalue weighted by molar-refractivity contribution is 6.35. The second kappa shape index (κ2) is 7.40. The van der Waals surface area contributed by atoms with Gasteiger partial charge >= 0.3 is 11.8 Å². The zero-order chi connectivity index (χ0) is 17.2. The normalized spacial score (nSPS) is 33.5. The Balaban J connectivity index is 1.61. The average Bonchev–Trinajstić information content (AvgIpc) is 2.52. The molecule has 0 saturated heterocycles. The molecule has 0 unspecified atom stereocenters. The van der Waals surface area contributed by atoms with Crippen LogP contribution in [0.4, 0.5) is 0 Å². The van der Waals surface area contributed by atoms with Crippen LogP contribution in [-0.2, 0) is 19.1 Å². The predicted octanol–water partition coefficient (Wildman–Crippen LogP) is 1.19. The lowest BCUT2D eigenvalue weighted by Gasteiger charge is -2.56. The molecule has 0 aromatic heterocycles. The summed E-state index contributed by atoms with van der Waals surface area (Å²) in [4.78, 5) is 26.7. The molecule has 0 aromatic rings. The van der Waals surface area contributed by atoms with Crippen LogP contribution in [0.3, 0.4) is 0 Å². The summed E-state index contributed by atoms with van der Waals surface area (Å²) >= 11 is 0. The van der Waals surface area contributed by atoms with E-state index in [-0.39, 0.29) is 5.54 Å². The summed E-state index contributed by atoms with van der Waals surface area (Å²) in [5, 5.41) is 3.15. The van der Waals surface area contributed by atoms with Crippen molar-refractivity contribution in [2.75, 3.05) is 40.5 Å². The monoisotopic (exact) mass is 338 g/mol. The third-order valence-corrected chi connectivity index (χ3v) is 6.03. The molecule has 0 heterocycles. The Hall–Kier alpha value is -1.14. The number of amides is 2. The van der Waals surface area contributed by atoms with E-state index in [1.807, 2.05) is 0 Å². The molecule has 4 bridgehead atoms. The Morgan fingerprint density at radius 2 is 1.42 bits per heavy atom. The first-order valence-electron chi connectivity index (χ1n) is 9.14. The number of nitrogens with zero attached hydrogens (tertiary/aromatic N) is 1. The van der Waals surface area contributed by atoms with E-state index >= 15 is 0 Å². The van der Waals surface area contributed by atoms with Gasteiger partial charge in [0.2, 0.25) is 0 Å². The van der Waals surface area contributed by atoms with E-state index in [0.717, 1.165) is 37.0 Å². The minimum absolute atomic E-state index is 0.129. The lowest BCUT2D eigenvalue weighted by atomic mass is 9.53. The summed E-state index contributed by atoms with van der Waals surface area (Å²) in [5.41, 5.74) is -0.129.